The topological polar surface area (TPSA) is 100 Å². The molecule has 0 radical (unpaired) electrons. The van der Waals surface area contributed by atoms with Crippen molar-refractivity contribution in [3.8, 4) is 11.5 Å². The zero-order valence-electron chi connectivity index (χ0n) is 19.6. The Morgan fingerprint density at radius 2 is 1.89 bits per heavy atom. The van der Waals surface area contributed by atoms with Gasteiger partial charge < -0.3 is 14.2 Å². The van der Waals surface area contributed by atoms with E-state index in [-0.39, 0.29) is 23.9 Å². The lowest BCUT2D eigenvalue weighted by Crippen LogP contribution is -2.06. The Morgan fingerprint density at radius 1 is 1.11 bits per heavy atom. The molecule has 0 unspecified atom stereocenters. The first-order chi connectivity index (χ1) is 17.7. The molecule has 0 aliphatic carbocycles. The summed E-state index contributed by atoms with van der Waals surface area (Å²) in [4.78, 5) is 27.4. The number of hydrogen-bond donors (Lipinski definition) is 0. The number of nitro benzene ring substituents is 1. The Bertz CT molecular complexity index is 1470. The molecule has 0 fully saturated rings. The molecule has 0 spiro atoms. The SMILES string of the molecule is CCOc1cc(/C=C2\N=C(c3ccc([N+](=O)[O-])c(C)c3)OC2=O)cc(Br)c1OCc1ccc(Cl)c(Cl)c1. The summed E-state index contributed by atoms with van der Waals surface area (Å²) >= 11 is 15.6. The zero-order chi connectivity index (χ0) is 26.7. The number of carbonyl (C=O) groups is 1. The second-order valence-corrected chi connectivity index (χ2v) is 9.56. The van der Waals surface area contributed by atoms with E-state index < -0.39 is 10.9 Å². The molecule has 3 aromatic carbocycles. The van der Waals surface area contributed by atoms with Gasteiger partial charge in [0.15, 0.2) is 17.2 Å². The minimum absolute atomic E-state index is 0.0285. The third kappa shape index (κ3) is 6.12. The van der Waals surface area contributed by atoms with Crippen LogP contribution in [0.2, 0.25) is 10.0 Å². The standard InChI is InChI=1S/C26H19BrCl2N2O6/c1-3-35-23-12-16(9-18(27)24(23)36-13-15-4-6-19(28)20(29)10-15)11-21-26(32)37-25(30-21)17-5-7-22(31(33)34)14(2)8-17/h4-12H,3,13H2,1-2H3/b21-11-. The molecule has 4 rings (SSSR count). The van der Waals surface area contributed by atoms with Crippen molar-refractivity contribution < 1.29 is 23.9 Å². The molecular formula is C26H19BrCl2N2O6. The van der Waals surface area contributed by atoms with Crippen LogP contribution in [0.3, 0.4) is 0 Å². The second-order valence-electron chi connectivity index (χ2n) is 7.89. The molecule has 190 valence electrons. The minimum atomic E-state index is -0.639. The van der Waals surface area contributed by atoms with Crippen molar-refractivity contribution >= 4 is 62.8 Å². The lowest BCUT2D eigenvalue weighted by molar-refractivity contribution is -0.385. The Hall–Kier alpha value is -3.40. The van der Waals surface area contributed by atoms with Gasteiger partial charge in [-0.25, -0.2) is 9.79 Å². The van der Waals surface area contributed by atoms with Crippen molar-refractivity contribution in [2.24, 2.45) is 4.99 Å². The Morgan fingerprint density at radius 3 is 2.57 bits per heavy atom. The van der Waals surface area contributed by atoms with E-state index in [1.807, 2.05) is 13.0 Å². The normalized spacial score (nSPS) is 13.9. The lowest BCUT2D eigenvalue weighted by Gasteiger charge is -2.15. The van der Waals surface area contributed by atoms with Crippen LogP contribution in [0.5, 0.6) is 11.5 Å². The number of carbonyl (C=O) groups excluding carboxylic acids is 1. The van der Waals surface area contributed by atoms with E-state index in [0.717, 1.165) is 5.56 Å². The average Bonchev–Trinajstić information content (AvgIpc) is 3.20. The largest absolute Gasteiger partial charge is 0.490 e. The summed E-state index contributed by atoms with van der Waals surface area (Å²) in [7, 11) is 0. The molecule has 1 heterocycles. The van der Waals surface area contributed by atoms with E-state index in [4.69, 9.17) is 37.4 Å². The minimum Gasteiger partial charge on any atom is -0.490 e. The first kappa shape index (κ1) is 26.7. The molecule has 3 aromatic rings. The van der Waals surface area contributed by atoms with Gasteiger partial charge in [-0.2, -0.15) is 0 Å². The molecule has 0 saturated carbocycles. The molecule has 11 heteroatoms. The van der Waals surface area contributed by atoms with E-state index in [1.54, 1.807) is 43.3 Å². The van der Waals surface area contributed by atoms with Crippen molar-refractivity contribution in [3.63, 3.8) is 0 Å². The first-order valence-electron chi connectivity index (χ1n) is 11.0. The van der Waals surface area contributed by atoms with Gasteiger partial charge >= 0.3 is 5.97 Å². The van der Waals surface area contributed by atoms with Crippen LogP contribution in [0, 0.1) is 17.0 Å². The van der Waals surface area contributed by atoms with E-state index in [9.17, 15) is 14.9 Å². The van der Waals surface area contributed by atoms with Crippen LogP contribution in [0.15, 0.2) is 63.7 Å². The molecule has 1 aliphatic heterocycles. The monoisotopic (exact) mass is 604 g/mol. The maximum absolute atomic E-state index is 12.5. The molecule has 37 heavy (non-hydrogen) atoms. The van der Waals surface area contributed by atoms with Gasteiger partial charge in [0.1, 0.15) is 6.61 Å². The summed E-state index contributed by atoms with van der Waals surface area (Å²) in [5.41, 5.74) is 2.38. The van der Waals surface area contributed by atoms with Gasteiger partial charge in [-0.3, -0.25) is 10.1 Å². The predicted octanol–water partition coefficient (Wildman–Crippen LogP) is 7.29. The number of ether oxygens (including phenoxy) is 3. The highest BCUT2D eigenvalue weighted by Gasteiger charge is 2.26. The van der Waals surface area contributed by atoms with E-state index >= 15 is 0 Å². The highest BCUT2D eigenvalue weighted by atomic mass is 79.9. The zero-order valence-corrected chi connectivity index (χ0v) is 22.7. The van der Waals surface area contributed by atoms with Gasteiger partial charge in [-0.05, 0) is 83.4 Å². The third-order valence-electron chi connectivity index (χ3n) is 5.26. The van der Waals surface area contributed by atoms with Crippen LogP contribution in [0.4, 0.5) is 5.69 Å². The summed E-state index contributed by atoms with van der Waals surface area (Å²) in [5.74, 6) is 0.375. The molecule has 0 saturated heterocycles. The second kappa shape index (κ2) is 11.3. The van der Waals surface area contributed by atoms with Gasteiger partial charge in [0.05, 0.1) is 26.0 Å². The Labute approximate surface area is 230 Å². The number of aliphatic imine (C=N–C) groups is 1. The number of halogens is 3. The van der Waals surface area contributed by atoms with Gasteiger partial charge in [0, 0.05) is 17.2 Å². The number of aryl methyl sites for hydroxylation is 1. The third-order valence-corrected chi connectivity index (χ3v) is 6.59. The van der Waals surface area contributed by atoms with Crippen LogP contribution in [-0.2, 0) is 16.1 Å². The van der Waals surface area contributed by atoms with Gasteiger partial charge in [0.2, 0.25) is 5.90 Å². The van der Waals surface area contributed by atoms with E-state index in [0.29, 0.717) is 49.3 Å². The van der Waals surface area contributed by atoms with Crippen LogP contribution < -0.4 is 9.47 Å². The maximum atomic E-state index is 12.5. The molecule has 0 atom stereocenters. The van der Waals surface area contributed by atoms with Crippen molar-refractivity contribution in [3.05, 3.63) is 101 Å². The molecule has 0 amide bonds. The molecule has 0 N–H and O–H groups in total. The molecule has 1 aliphatic rings. The summed E-state index contributed by atoms with van der Waals surface area (Å²) in [6, 6.07) is 13.1. The summed E-state index contributed by atoms with van der Waals surface area (Å²) in [5, 5.41) is 12.0. The van der Waals surface area contributed by atoms with Crippen molar-refractivity contribution in [2.45, 2.75) is 20.5 Å². The number of hydrogen-bond acceptors (Lipinski definition) is 7. The quantitative estimate of drug-likeness (QED) is 0.116. The van der Waals surface area contributed by atoms with Crippen molar-refractivity contribution in [1.29, 1.82) is 0 Å². The number of esters is 1. The molecular weight excluding hydrogens is 587 g/mol. The highest BCUT2D eigenvalue weighted by Crippen LogP contribution is 2.38. The highest BCUT2D eigenvalue weighted by molar-refractivity contribution is 9.10. The predicted molar refractivity (Wildman–Crippen MR) is 145 cm³/mol. The van der Waals surface area contributed by atoms with Crippen LogP contribution in [-0.4, -0.2) is 23.4 Å². The van der Waals surface area contributed by atoms with Crippen LogP contribution in [0.1, 0.15) is 29.2 Å². The fourth-order valence-corrected chi connectivity index (χ4v) is 4.44. The van der Waals surface area contributed by atoms with Gasteiger partial charge in [0.25, 0.3) is 5.69 Å². The number of rotatable bonds is 8. The first-order valence-corrected chi connectivity index (χ1v) is 12.5. The summed E-state index contributed by atoms with van der Waals surface area (Å²) in [6.45, 7) is 4.07. The Balaban J connectivity index is 1.61. The number of nitro groups is 1. The summed E-state index contributed by atoms with van der Waals surface area (Å²) in [6.07, 6.45) is 1.56. The van der Waals surface area contributed by atoms with Crippen molar-refractivity contribution in [1.82, 2.24) is 0 Å². The van der Waals surface area contributed by atoms with E-state index in [2.05, 4.69) is 20.9 Å². The maximum Gasteiger partial charge on any atom is 0.363 e. The van der Waals surface area contributed by atoms with Crippen molar-refractivity contribution in [2.75, 3.05) is 6.61 Å². The molecule has 0 aromatic heterocycles. The number of benzene rings is 3. The smallest absolute Gasteiger partial charge is 0.363 e. The van der Waals surface area contributed by atoms with Crippen LogP contribution >= 0.6 is 39.1 Å². The lowest BCUT2D eigenvalue weighted by atomic mass is 10.1. The fraction of sp³-hybridized carbons (Fsp3) is 0.154. The number of nitrogens with zero attached hydrogens (tertiary/aromatic N) is 2. The fourth-order valence-electron chi connectivity index (χ4n) is 3.54. The van der Waals surface area contributed by atoms with Crippen LogP contribution in [0.25, 0.3) is 6.08 Å². The van der Waals surface area contributed by atoms with Gasteiger partial charge in [-0.1, -0.05) is 29.3 Å². The van der Waals surface area contributed by atoms with E-state index in [1.165, 1.54) is 12.1 Å². The molecule has 8 nitrogen and oxygen atoms in total. The number of cyclic esters (lactones) is 1. The Kier molecular flexibility index (Phi) is 8.16. The average molecular weight is 606 g/mol. The van der Waals surface area contributed by atoms with Gasteiger partial charge in [-0.15, -0.1) is 0 Å². The summed E-state index contributed by atoms with van der Waals surface area (Å²) < 4.78 is 17.7. The molecule has 0 bridgehead atoms.